The minimum absolute atomic E-state index is 0.637. The first kappa shape index (κ1) is 13.9. The molecule has 0 fully saturated rings. The Morgan fingerprint density at radius 3 is 2.70 bits per heavy atom. The van der Waals surface area contributed by atoms with Crippen molar-refractivity contribution in [2.45, 2.75) is 64.8 Å². The maximum absolute atomic E-state index is 3.77. The van der Waals surface area contributed by atoms with Gasteiger partial charge in [0.2, 0.25) is 0 Å². The third-order valence-electron chi connectivity index (χ3n) is 4.83. The first-order valence-corrected chi connectivity index (χ1v) is 8.49. The number of aromatic amines is 1. The van der Waals surface area contributed by atoms with E-state index in [1.165, 1.54) is 63.7 Å². The predicted molar refractivity (Wildman–Crippen MR) is 86.0 cm³/mol. The van der Waals surface area contributed by atoms with E-state index in [1.54, 1.807) is 16.8 Å². The molecule has 0 saturated carbocycles. The van der Waals surface area contributed by atoms with Crippen molar-refractivity contribution in [2.24, 2.45) is 0 Å². The van der Waals surface area contributed by atoms with Crippen molar-refractivity contribution in [2.75, 3.05) is 13.1 Å². The molecule has 0 aromatic carbocycles. The summed E-state index contributed by atoms with van der Waals surface area (Å²) in [6.07, 6.45) is 13.6. The molecule has 2 heteroatoms. The normalized spacial score (nSPS) is 21.1. The molecular formula is C18H28N2. The molecule has 110 valence electrons. The van der Waals surface area contributed by atoms with Gasteiger partial charge in [-0.05, 0) is 75.2 Å². The summed E-state index contributed by atoms with van der Waals surface area (Å²) in [5.41, 5.74) is 6.24. The maximum Gasteiger partial charge on any atom is 0.0501 e. The topological polar surface area (TPSA) is 19.0 Å². The largest absolute Gasteiger partial charge is 0.357 e. The second-order valence-electron chi connectivity index (χ2n) is 6.29. The number of hydrogen-bond acceptors (Lipinski definition) is 1. The highest BCUT2D eigenvalue weighted by atomic mass is 15.2. The summed E-state index contributed by atoms with van der Waals surface area (Å²) in [7, 11) is 0. The molecule has 1 aromatic rings. The van der Waals surface area contributed by atoms with Gasteiger partial charge in [0.1, 0.15) is 0 Å². The van der Waals surface area contributed by atoms with Crippen molar-refractivity contribution in [1.82, 2.24) is 9.88 Å². The van der Waals surface area contributed by atoms with E-state index in [1.807, 2.05) is 0 Å². The van der Waals surface area contributed by atoms with Crippen LogP contribution in [0.25, 0.3) is 6.08 Å². The number of rotatable bonds is 5. The Kier molecular flexibility index (Phi) is 4.30. The SMILES string of the molecule is CCCN(CCC)C1CCCc2c1[nH]c1c2CCC=C1. The first-order valence-electron chi connectivity index (χ1n) is 8.49. The highest BCUT2D eigenvalue weighted by Crippen LogP contribution is 2.38. The smallest absolute Gasteiger partial charge is 0.0501 e. The molecule has 2 aliphatic rings. The van der Waals surface area contributed by atoms with Crippen molar-refractivity contribution < 1.29 is 0 Å². The van der Waals surface area contributed by atoms with E-state index in [-0.39, 0.29) is 0 Å². The van der Waals surface area contributed by atoms with E-state index in [9.17, 15) is 0 Å². The molecule has 20 heavy (non-hydrogen) atoms. The zero-order valence-electron chi connectivity index (χ0n) is 13.0. The van der Waals surface area contributed by atoms with Crippen LogP contribution >= 0.6 is 0 Å². The molecule has 0 saturated heterocycles. The summed E-state index contributed by atoms with van der Waals surface area (Å²) >= 11 is 0. The quantitative estimate of drug-likeness (QED) is 0.837. The van der Waals surface area contributed by atoms with Gasteiger partial charge in [-0.3, -0.25) is 4.90 Å². The van der Waals surface area contributed by atoms with E-state index in [0.29, 0.717) is 6.04 Å². The van der Waals surface area contributed by atoms with Crippen molar-refractivity contribution >= 4 is 6.08 Å². The fourth-order valence-electron chi connectivity index (χ4n) is 4.03. The van der Waals surface area contributed by atoms with Crippen LogP contribution in [-0.4, -0.2) is 23.0 Å². The molecule has 0 amide bonds. The second kappa shape index (κ2) is 6.17. The number of nitrogens with one attached hydrogen (secondary N) is 1. The standard InChI is InChI=1S/C18H28N2/c1-3-12-20(13-4-2)17-11-7-9-15-14-8-5-6-10-16(14)19-18(15)17/h6,10,17,19H,3-5,7-9,11-13H2,1-2H3. The average Bonchev–Trinajstić information content (AvgIpc) is 2.85. The Bertz CT molecular complexity index is 478. The van der Waals surface area contributed by atoms with Gasteiger partial charge in [-0.1, -0.05) is 19.9 Å². The van der Waals surface area contributed by atoms with Gasteiger partial charge in [0.25, 0.3) is 0 Å². The van der Waals surface area contributed by atoms with E-state index < -0.39 is 0 Å². The Morgan fingerprint density at radius 2 is 1.95 bits per heavy atom. The van der Waals surface area contributed by atoms with Crippen LogP contribution in [0.5, 0.6) is 0 Å². The molecular weight excluding hydrogens is 244 g/mol. The van der Waals surface area contributed by atoms with Gasteiger partial charge in [-0.25, -0.2) is 0 Å². The lowest BCUT2D eigenvalue weighted by Gasteiger charge is -2.34. The van der Waals surface area contributed by atoms with E-state index >= 15 is 0 Å². The molecule has 1 N–H and O–H groups in total. The third kappa shape index (κ3) is 2.46. The molecule has 3 rings (SSSR count). The minimum Gasteiger partial charge on any atom is -0.357 e. The van der Waals surface area contributed by atoms with Crippen LogP contribution in [-0.2, 0) is 12.8 Å². The zero-order valence-corrected chi connectivity index (χ0v) is 13.0. The lowest BCUT2D eigenvalue weighted by molar-refractivity contribution is 0.175. The Hall–Kier alpha value is -1.02. The van der Waals surface area contributed by atoms with Gasteiger partial charge in [0.05, 0.1) is 6.04 Å². The summed E-state index contributed by atoms with van der Waals surface area (Å²) in [5.74, 6) is 0. The maximum atomic E-state index is 3.77. The zero-order chi connectivity index (χ0) is 13.9. The number of allylic oxidation sites excluding steroid dienone is 1. The molecule has 1 atom stereocenters. The molecule has 1 aromatic heterocycles. The fourth-order valence-corrected chi connectivity index (χ4v) is 4.03. The summed E-state index contributed by atoms with van der Waals surface area (Å²) in [4.78, 5) is 6.48. The number of aromatic nitrogens is 1. The Balaban J connectivity index is 1.93. The van der Waals surface area contributed by atoms with Gasteiger partial charge >= 0.3 is 0 Å². The molecule has 1 heterocycles. The molecule has 0 spiro atoms. The molecule has 2 aliphatic carbocycles. The lowest BCUT2D eigenvalue weighted by atomic mass is 9.87. The Morgan fingerprint density at radius 1 is 1.15 bits per heavy atom. The highest BCUT2D eigenvalue weighted by molar-refractivity contribution is 5.58. The number of H-pyrrole nitrogens is 1. The summed E-state index contributed by atoms with van der Waals surface area (Å²) in [6.45, 7) is 7.07. The summed E-state index contributed by atoms with van der Waals surface area (Å²) < 4.78 is 0. The van der Waals surface area contributed by atoms with Crippen LogP contribution in [0.3, 0.4) is 0 Å². The van der Waals surface area contributed by atoms with Crippen LogP contribution in [0, 0.1) is 0 Å². The van der Waals surface area contributed by atoms with Crippen LogP contribution in [0.1, 0.15) is 74.5 Å². The van der Waals surface area contributed by atoms with Gasteiger partial charge in [-0.15, -0.1) is 0 Å². The molecule has 0 radical (unpaired) electrons. The minimum atomic E-state index is 0.637. The van der Waals surface area contributed by atoms with Crippen molar-refractivity contribution in [3.05, 3.63) is 28.6 Å². The van der Waals surface area contributed by atoms with E-state index in [2.05, 4.69) is 35.9 Å². The second-order valence-corrected chi connectivity index (χ2v) is 6.29. The molecule has 0 aliphatic heterocycles. The summed E-state index contributed by atoms with van der Waals surface area (Å²) in [6, 6.07) is 0.637. The van der Waals surface area contributed by atoms with Crippen LogP contribution in [0.4, 0.5) is 0 Å². The summed E-state index contributed by atoms with van der Waals surface area (Å²) in [5, 5.41) is 0. The average molecular weight is 272 g/mol. The number of nitrogens with zero attached hydrogens (tertiary/aromatic N) is 1. The van der Waals surface area contributed by atoms with Gasteiger partial charge in [0, 0.05) is 11.4 Å². The highest BCUT2D eigenvalue weighted by Gasteiger charge is 2.29. The van der Waals surface area contributed by atoms with Crippen LogP contribution < -0.4 is 0 Å². The fraction of sp³-hybridized carbons (Fsp3) is 0.667. The Labute approximate surface area is 123 Å². The van der Waals surface area contributed by atoms with Crippen molar-refractivity contribution in [3.8, 4) is 0 Å². The molecule has 1 unspecified atom stereocenters. The van der Waals surface area contributed by atoms with Crippen LogP contribution in [0.15, 0.2) is 6.08 Å². The van der Waals surface area contributed by atoms with Gasteiger partial charge in [-0.2, -0.15) is 0 Å². The lowest BCUT2D eigenvalue weighted by Crippen LogP contribution is -2.32. The molecule has 0 bridgehead atoms. The van der Waals surface area contributed by atoms with Crippen molar-refractivity contribution in [3.63, 3.8) is 0 Å². The predicted octanol–water partition coefficient (Wildman–Crippen LogP) is 4.47. The molecule has 2 nitrogen and oxygen atoms in total. The third-order valence-corrected chi connectivity index (χ3v) is 4.83. The van der Waals surface area contributed by atoms with Crippen LogP contribution in [0.2, 0.25) is 0 Å². The van der Waals surface area contributed by atoms with Gasteiger partial charge < -0.3 is 4.98 Å². The first-order chi connectivity index (χ1) is 9.85. The van der Waals surface area contributed by atoms with Crippen molar-refractivity contribution in [1.29, 1.82) is 0 Å². The van der Waals surface area contributed by atoms with E-state index in [0.717, 1.165) is 0 Å². The number of fused-ring (bicyclic) bond motifs is 3. The van der Waals surface area contributed by atoms with Gasteiger partial charge in [0.15, 0.2) is 0 Å². The monoisotopic (exact) mass is 272 g/mol. The van der Waals surface area contributed by atoms with E-state index in [4.69, 9.17) is 0 Å². The number of hydrogen-bond donors (Lipinski definition) is 1.